The number of para-hydroxylation sites is 6. The molecule has 0 spiro atoms. The van der Waals surface area contributed by atoms with Crippen LogP contribution in [0.2, 0.25) is 0 Å². The molecule has 12 rings (SSSR count). The van der Waals surface area contributed by atoms with Crippen molar-refractivity contribution in [3.8, 4) is 28.6 Å². The smallest absolute Gasteiger partial charge is 0.211 e. The zero-order valence-electron chi connectivity index (χ0n) is 29.6. The van der Waals surface area contributed by atoms with Crippen molar-refractivity contribution in [3.63, 3.8) is 0 Å². The summed E-state index contributed by atoms with van der Waals surface area (Å²) in [5, 5.41) is 19.2. The van der Waals surface area contributed by atoms with E-state index in [1.165, 1.54) is 0 Å². The zero-order chi connectivity index (χ0) is 37.1. The van der Waals surface area contributed by atoms with Gasteiger partial charge in [-0.25, -0.2) is 4.85 Å². The van der Waals surface area contributed by atoms with Gasteiger partial charge in [-0.2, -0.15) is 5.26 Å². The van der Waals surface area contributed by atoms with Gasteiger partial charge in [0.1, 0.15) is 28.4 Å². The van der Waals surface area contributed by atoms with Crippen molar-refractivity contribution in [1.82, 2.24) is 9.13 Å². The molecule has 12 aromatic rings. The molecule has 0 unspecified atom stereocenters. The third-order valence-electron chi connectivity index (χ3n) is 11.4. The Kier molecular flexibility index (Phi) is 6.10. The van der Waals surface area contributed by atoms with Gasteiger partial charge in [-0.15, -0.1) is 0 Å². The first-order valence-corrected chi connectivity index (χ1v) is 18.4. The van der Waals surface area contributed by atoms with Crippen LogP contribution in [-0.2, 0) is 0 Å². The van der Waals surface area contributed by atoms with E-state index in [0.717, 1.165) is 110 Å². The maximum absolute atomic E-state index is 10.9. The fourth-order valence-corrected chi connectivity index (χ4v) is 9.02. The summed E-state index contributed by atoms with van der Waals surface area (Å²) in [5.74, 6) is 0. The Morgan fingerprint density at radius 2 is 0.946 bits per heavy atom. The van der Waals surface area contributed by atoms with Crippen LogP contribution in [0.25, 0.3) is 115 Å². The maximum Gasteiger partial charge on any atom is 0.211 e. The molecule has 4 aromatic heterocycles. The molecule has 0 saturated heterocycles. The molecular weight excluding hydrogens is 689 g/mol. The van der Waals surface area contributed by atoms with Crippen LogP contribution < -0.4 is 0 Å². The summed E-state index contributed by atoms with van der Waals surface area (Å²) in [4.78, 5) is 4.14. The van der Waals surface area contributed by atoms with E-state index < -0.39 is 0 Å². The van der Waals surface area contributed by atoms with Crippen LogP contribution in [-0.4, -0.2) is 9.13 Å². The van der Waals surface area contributed by atoms with E-state index in [1.54, 1.807) is 0 Å². The summed E-state index contributed by atoms with van der Waals surface area (Å²) in [7, 11) is 0. The Labute approximate surface area is 318 Å². The maximum atomic E-state index is 10.9. The third-order valence-corrected chi connectivity index (χ3v) is 11.4. The van der Waals surface area contributed by atoms with Gasteiger partial charge >= 0.3 is 0 Å². The van der Waals surface area contributed by atoms with Crippen molar-refractivity contribution in [2.75, 3.05) is 0 Å². The fourth-order valence-electron chi connectivity index (χ4n) is 9.02. The normalized spacial score (nSPS) is 11.9. The number of aromatic nitrogens is 2. The highest BCUT2D eigenvalue weighted by molar-refractivity contribution is 6.19. The van der Waals surface area contributed by atoms with Crippen molar-refractivity contribution in [2.45, 2.75) is 0 Å². The Morgan fingerprint density at radius 1 is 0.429 bits per heavy atom. The number of nitriles is 1. The minimum absolute atomic E-state index is 0.502. The van der Waals surface area contributed by atoms with Gasteiger partial charge in [0.25, 0.3) is 0 Å². The molecule has 8 aromatic carbocycles. The Balaban J connectivity index is 1.22. The second kappa shape index (κ2) is 11.2. The monoisotopic (exact) mass is 714 g/mol. The summed E-state index contributed by atoms with van der Waals surface area (Å²) >= 11 is 0. The summed E-state index contributed by atoms with van der Waals surface area (Å²) in [6.07, 6.45) is 0. The molecule has 0 radical (unpaired) electrons. The first kappa shape index (κ1) is 30.4. The molecule has 0 aliphatic carbocycles. The van der Waals surface area contributed by atoms with E-state index in [4.69, 9.17) is 15.4 Å². The van der Waals surface area contributed by atoms with Crippen molar-refractivity contribution in [2.24, 2.45) is 0 Å². The summed E-state index contributed by atoms with van der Waals surface area (Å²) in [6, 6.07) is 55.8. The van der Waals surface area contributed by atoms with Crippen LogP contribution in [0.15, 0.2) is 167 Å². The molecular formula is C50H26N4O2. The van der Waals surface area contributed by atoms with Gasteiger partial charge < -0.3 is 18.0 Å². The quantitative estimate of drug-likeness (QED) is 0.171. The van der Waals surface area contributed by atoms with E-state index in [9.17, 15) is 5.26 Å². The van der Waals surface area contributed by atoms with Crippen LogP contribution in [0, 0.1) is 17.9 Å². The second-order valence-corrected chi connectivity index (χ2v) is 14.2. The Bertz CT molecular complexity index is 3750. The molecule has 4 heterocycles. The lowest BCUT2D eigenvalue weighted by Gasteiger charge is -2.20. The molecule has 56 heavy (non-hydrogen) atoms. The van der Waals surface area contributed by atoms with Crippen molar-refractivity contribution >= 4 is 93.2 Å². The SMILES string of the molecule is [C-]#[N+]c1cccc(-c2cccc(C#N)c2-n2c3ccccc3c3cc4c(cc32)oc2ccccc24)c1-n1c2ccccc2c2cc3oc4ccccc4c3cc21. The predicted molar refractivity (Wildman–Crippen MR) is 226 cm³/mol. The number of furan rings is 2. The summed E-state index contributed by atoms with van der Waals surface area (Å²) in [5.41, 5.74) is 11.3. The van der Waals surface area contributed by atoms with Gasteiger partial charge in [0, 0.05) is 54.7 Å². The van der Waals surface area contributed by atoms with Gasteiger partial charge in [-0.1, -0.05) is 103 Å². The number of nitrogens with zero attached hydrogens (tertiary/aromatic N) is 4. The van der Waals surface area contributed by atoms with Crippen LogP contribution in [0.4, 0.5) is 5.69 Å². The van der Waals surface area contributed by atoms with Crippen LogP contribution in [0.1, 0.15) is 5.56 Å². The number of hydrogen-bond donors (Lipinski definition) is 0. The molecule has 6 heteroatoms. The number of fused-ring (bicyclic) bond motifs is 12. The summed E-state index contributed by atoms with van der Waals surface area (Å²) in [6.45, 7) is 8.51. The highest BCUT2D eigenvalue weighted by Crippen LogP contribution is 2.46. The molecule has 0 saturated carbocycles. The minimum Gasteiger partial charge on any atom is -0.456 e. The highest BCUT2D eigenvalue weighted by atomic mass is 16.3. The number of hydrogen-bond acceptors (Lipinski definition) is 3. The number of rotatable bonds is 3. The molecule has 258 valence electrons. The lowest BCUT2D eigenvalue weighted by atomic mass is 9.97. The van der Waals surface area contributed by atoms with E-state index in [1.807, 2.05) is 78.9 Å². The van der Waals surface area contributed by atoms with Gasteiger partial charge in [-0.3, -0.25) is 0 Å². The lowest BCUT2D eigenvalue weighted by Crippen LogP contribution is -2.03. The van der Waals surface area contributed by atoms with E-state index >= 15 is 0 Å². The lowest BCUT2D eigenvalue weighted by molar-refractivity contribution is 0.669. The first-order valence-electron chi connectivity index (χ1n) is 18.4. The van der Waals surface area contributed by atoms with Crippen LogP contribution >= 0.6 is 0 Å². The van der Waals surface area contributed by atoms with E-state index in [2.05, 4.69) is 98.9 Å². The average Bonchev–Trinajstić information content (AvgIpc) is 3.98. The van der Waals surface area contributed by atoms with Crippen molar-refractivity contribution in [3.05, 3.63) is 175 Å². The molecule has 0 aliphatic rings. The van der Waals surface area contributed by atoms with E-state index in [-0.39, 0.29) is 0 Å². The van der Waals surface area contributed by atoms with Crippen molar-refractivity contribution < 1.29 is 8.83 Å². The third kappa shape index (κ3) is 4.02. The molecule has 0 aliphatic heterocycles. The van der Waals surface area contributed by atoms with Crippen molar-refractivity contribution in [1.29, 1.82) is 5.26 Å². The van der Waals surface area contributed by atoms with Gasteiger partial charge in [0.15, 0.2) is 0 Å². The Hall–Kier alpha value is -8.06. The fraction of sp³-hybridized carbons (Fsp3) is 0. The highest BCUT2D eigenvalue weighted by Gasteiger charge is 2.25. The molecule has 0 N–H and O–H groups in total. The zero-order valence-corrected chi connectivity index (χ0v) is 29.6. The molecule has 0 atom stereocenters. The molecule has 0 fully saturated rings. The topological polar surface area (TPSA) is 64.3 Å². The molecule has 0 bridgehead atoms. The minimum atomic E-state index is 0.502. The van der Waals surface area contributed by atoms with Gasteiger partial charge in [0.05, 0.1) is 45.6 Å². The van der Waals surface area contributed by atoms with Crippen LogP contribution in [0.3, 0.4) is 0 Å². The first-order chi connectivity index (χ1) is 27.7. The van der Waals surface area contributed by atoms with Crippen LogP contribution in [0.5, 0.6) is 0 Å². The van der Waals surface area contributed by atoms with E-state index in [0.29, 0.717) is 11.3 Å². The molecule has 0 amide bonds. The Morgan fingerprint density at radius 3 is 1.61 bits per heavy atom. The van der Waals surface area contributed by atoms with Gasteiger partial charge in [0.2, 0.25) is 5.69 Å². The predicted octanol–water partition coefficient (Wildman–Crippen LogP) is 13.8. The summed E-state index contributed by atoms with van der Waals surface area (Å²) < 4.78 is 17.2. The largest absolute Gasteiger partial charge is 0.456 e. The van der Waals surface area contributed by atoms with Gasteiger partial charge in [-0.05, 0) is 54.1 Å². The number of benzene rings is 8. The molecule has 6 nitrogen and oxygen atoms in total. The second-order valence-electron chi connectivity index (χ2n) is 14.2. The standard InChI is InChI=1S/C50H26N4O2/c1-52-40-19-11-18-35(50(40)54-42-21-7-3-14-31(42)37-26-47-39(25-43(37)54)33-16-5-9-23-46(33)55-47)34-17-10-12-29(28-51)49(34)53-41-20-6-2-13-30(41)36-24-38-32-15-4-8-22-45(32)56-48(38)27-44(36)53/h2-27H. The average molecular weight is 715 g/mol.